The van der Waals surface area contributed by atoms with Gasteiger partial charge in [-0.25, -0.2) is 0 Å². The monoisotopic (exact) mass is 214 g/mol. The molecule has 0 bridgehead atoms. The highest BCUT2D eigenvalue weighted by Crippen LogP contribution is 2.00. The first-order valence-corrected chi connectivity index (χ1v) is 5.33. The SMILES string of the molecule is CCOC(=O)CCN1CCN(C=O)CC1. The first-order chi connectivity index (χ1) is 7.26. The molecule has 1 amide bonds. The van der Waals surface area contributed by atoms with Gasteiger partial charge in [0.2, 0.25) is 6.41 Å². The lowest BCUT2D eigenvalue weighted by molar-refractivity contribution is -0.143. The minimum atomic E-state index is -0.143. The summed E-state index contributed by atoms with van der Waals surface area (Å²) in [6.45, 7) is 6.18. The molecular weight excluding hydrogens is 196 g/mol. The van der Waals surface area contributed by atoms with Crippen LogP contribution in [-0.4, -0.2) is 61.5 Å². The summed E-state index contributed by atoms with van der Waals surface area (Å²) >= 11 is 0. The van der Waals surface area contributed by atoms with Crippen LogP contribution in [0.25, 0.3) is 0 Å². The van der Waals surface area contributed by atoms with Crippen LogP contribution in [0.1, 0.15) is 13.3 Å². The molecule has 0 spiro atoms. The zero-order valence-corrected chi connectivity index (χ0v) is 9.15. The molecular formula is C10H18N2O3. The minimum absolute atomic E-state index is 0.143. The Labute approximate surface area is 90.0 Å². The highest BCUT2D eigenvalue weighted by Gasteiger charge is 2.15. The third kappa shape index (κ3) is 4.29. The van der Waals surface area contributed by atoms with Gasteiger partial charge in [-0.2, -0.15) is 0 Å². The quantitative estimate of drug-likeness (QED) is 0.466. The predicted molar refractivity (Wildman–Crippen MR) is 55.3 cm³/mol. The van der Waals surface area contributed by atoms with Crippen LogP contribution in [0.2, 0.25) is 0 Å². The van der Waals surface area contributed by atoms with Crippen LogP contribution in [0.5, 0.6) is 0 Å². The molecule has 86 valence electrons. The molecule has 0 saturated carbocycles. The molecule has 1 fully saturated rings. The highest BCUT2D eigenvalue weighted by molar-refractivity contribution is 5.69. The second kappa shape index (κ2) is 6.40. The van der Waals surface area contributed by atoms with E-state index >= 15 is 0 Å². The number of ether oxygens (including phenoxy) is 1. The first kappa shape index (κ1) is 12.0. The van der Waals surface area contributed by atoms with Crippen molar-refractivity contribution in [3.05, 3.63) is 0 Å². The van der Waals surface area contributed by atoms with Gasteiger partial charge in [-0.15, -0.1) is 0 Å². The number of rotatable bonds is 5. The lowest BCUT2D eigenvalue weighted by Gasteiger charge is -2.32. The number of carbonyl (C=O) groups excluding carboxylic acids is 2. The maximum atomic E-state index is 11.1. The second-order valence-electron chi connectivity index (χ2n) is 3.54. The molecule has 5 nitrogen and oxygen atoms in total. The molecule has 0 aromatic rings. The molecule has 0 aromatic carbocycles. The molecule has 1 aliphatic rings. The Balaban J connectivity index is 2.13. The van der Waals surface area contributed by atoms with Gasteiger partial charge < -0.3 is 9.64 Å². The van der Waals surface area contributed by atoms with Gasteiger partial charge in [0.15, 0.2) is 0 Å². The molecule has 0 aromatic heterocycles. The van der Waals surface area contributed by atoms with Crippen molar-refractivity contribution in [2.75, 3.05) is 39.3 Å². The van der Waals surface area contributed by atoms with Crippen molar-refractivity contribution >= 4 is 12.4 Å². The van der Waals surface area contributed by atoms with Crippen molar-refractivity contribution in [3.63, 3.8) is 0 Å². The van der Waals surface area contributed by atoms with Crippen molar-refractivity contribution in [3.8, 4) is 0 Å². The second-order valence-corrected chi connectivity index (χ2v) is 3.54. The molecule has 0 radical (unpaired) electrons. The summed E-state index contributed by atoms with van der Waals surface area (Å²) in [5.41, 5.74) is 0. The van der Waals surface area contributed by atoms with Crippen LogP contribution in [0.3, 0.4) is 0 Å². The smallest absolute Gasteiger partial charge is 0.307 e. The van der Waals surface area contributed by atoms with Crippen LogP contribution in [0.4, 0.5) is 0 Å². The Kier molecular flexibility index (Phi) is 5.10. The van der Waals surface area contributed by atoms with E-state index in [4.69, 9.17) is 4.74 Å². The fourth-order valence-corrected chi connectivity index (χ4v) is 1.57. The summed E-state index contributed by atoms with van der Waals surface area (Å²) in [5, 5.41) is 0. The molecule has 1 saturated heterocycles. The predicted octanol–water partition coefficient (Wildman–Crippen LogP) is -0.286. The van der Waals surface area contributed by atoms with Gasteiger partial charge in [-0.05, 0) is 6.92 Å². The van der Waals surface area contributed by atoms with Crippen molar-refractivity contribution in [2.24, 2.45) is 0 Å². The molecule has 0 unspecified atom stereocenters. The van der Waals surface area contributed by atoms with Crippen molar-refractivity contribution in [1.29, 1.82) is 0 Å². The molecule has 5 heteroatoms. The largest absolute Gasteiger partial charge is 0.466 e. The summed E-state index contributed by atoms with van der Waals surface area (Å²) in [6, 6.07) is 0. The summed E-state index contributed by atoms with van der Waals surface area (Å²) in [4.78, 5) is 25.5. The lowest BCUT2D eigenvalue weighted by Crippen LogP contribution is -2.46. The fourth-order valence-electron chi connectivity index (χ4n) is 1.57. The number of hydrogen-bond donors (Lipinski definition) is 0. The number of piperazine rings is 1. The van der Waals surface area contributed by atoms with Gasteiger partial charge in [0.25, 0.3) is 0 Å². The molecule has 1 rings (SSSR count). The molecule has 15 heavy (non-hydrogen) atoms. The van der Waals surface area contributed by atoms with E-state index in [-0.39, 0.29) is 5.97 Å². The van der Waals surface area contributed by atoms with Crippen molar-refractivity contribution in [1.82, 2.24) is 9.80 Å². The average Bonchev–Trinajstić information content (AvgIpc) is 2.27. The summed E-state index contributed by atoms with van der Waals surface area (Å²) in [7, 11) is 0. The van der Waals surface area contributed by atoms with Gasteiger partial charge in [-0.3, -0.25) is 14.5 Å². The van der Waals surface area contributed by atoms with E-state index in [1.165, 1.54) is 0 Å². The topological polar surface area (TPSA) is 49.9 Å². The first-order valence-electron chi connectivity index (χ1n) is 5.33. The van der Waals surface area contributed by atoms with E-state index in [9.17, 15) is 9.59 Å². The van der Waals surface area contributed by atoms with Crippen LogP contribution in [0, 0.1) is 0 Å². The Bertz CT molecular complexity index is 213. The summed E-state index contributed by atoms with van der Waals surface area (Å²) in [5.74, 6) is -0.143. The van der Waals surface area contributed by atoms with E-state index in [2.05, 4.69) is 4.90 Å². The van der Waals surface area contributed by atoms with E-state index in [1.54, 1.807) is 11.8 Å². The minimum Gasteiger partial charge on any atom is -0.466 e. The zero-order valence-electron chi connectivity index (χ0n) is 9.15. The van der Waals surface area contributed by atoms with E-state index < -0.39 is 0 Å². The van der Waals surface area contributed by atoms with Crippen LogP contribution < -0.4 is 0 Å². The van der Waals surface area contributed by atoms with Crippen LogP contribution in [-0.2, 0) is 14.3 Å². The van der Waals surface area contributed by atoms with Crippen LogP contribution in [0.15, 0.2) is 0 Å². The Hall–Kier alpha value is -1.10. The normalized spacial score (nSPS) is 17.5. The van der Waals surface area contributed by atoms with E-state index in [0.29, 0.717) is 13.0 Å². The third-order valence-electron chi connectivity index (χ3n) is 2.49. The van der Waals surface area contributed by atoms with Gasteiger partial charge in [0.1, 0.15) is 0 Å². The number of amides is 1. The zero-order chi connectivity index (χ0) is 11.1. The number of carbonyl (C=O) groups is 2. The molecule has 1 heterocycles. The van der Waals surface area contributed by atoms with Gasteiger partial charge in [0.05, 0.1) is 13.0 Å². The average molecular weight is 214 g/mol. The van der Waals surface area contributed by atoms with E-state index in [1.807, 2.05) is 0 Å². The molecule has 0 aliphatic carbocycles. The Morgan fingerprint density at radius 3 is 2.53 bits per heavy atom. The molecule has 0 atom stereocenters. The summed E-state index contributed by atoms with van der Waals surface area (Å²) < 4.78 is 4.84. The van der Waals surface area contributed by atoms with Gasteiger partial charge in [0, 0.05) is 32.7 Å². The Morgan fingerprint density at radius 2 is 2.00 bits per heavy atom. The maximum absolute atomic E-state index is 11.1. The van der Waals surface area contributed by atoms with Crippen molar-refractivity contribution < 1.29 is 14.3 Å². The van der Waals surface area contributed by atoms with E-state index in [0.717, 1.165) is 39.1 Å². The molecule has 1 aliphatic heterocycles. The summed E-state index contributed by atoms with van der Waals surface area (Å²) in [6.07, 6.45) is 1.32. The Morgan fingerprint density at radius 1 is 1.33 bits per heavy atom. The third-order valence-corrected chi connectivity index (χ3v) is 2.49. The van der Waals surface area contributed by atoms with Gasteiger partial charge in [-0.1, -0.05) is 0 Å². The van der Waals surface area contributed by atoms with Crippen molar-refractivity contribution in [2.45, 2.75) is 13.3 Å². The highest BCUT2D eigenvalue weighted by atomic mass is 16.5. The maximum Gasteiger partial charge on any atom is 0.307 e. The lowest BCUT2D eigenvalue weighted by atomic mass is 10.3. The fraction of sp³-hybridized carbons (Fsp3) is 0.800. The molecule has 0 N–H and O–H groups in total. The number of esters is 1. The van der Waals surface area contributed by atoms with Crippen LogP contribution >= 0.6 is 0 Å². The number of nitrogens with zero attached hydrogens (tertiary/aromatic N) is 2. The number of hydrogen-bond acceptors (Lipinski definition) is 4. The standard InChI is InChI=1S/C10H18N2O3/c1-2-15-10(14)3-4-11-5-7-12(9-13)8-6-11/h9H,2-8H2,1H3. The van der Waals surface area contributed by atoms with Gasteiger partial charge >= 0.3 is 5.97 Å².